The number of rotatable bonds is 9. The first-order valence-electron chi connectivity index (χ1n) is 12.1. The molecule has 4 rings (SSSR count). The number of unbranched alkanes of at least 4 members (excludes halogenated alkanes) is 1. The first-order valence-corrected chi connectivity index (χ1v) is 12.1. The van der Waals surface area contributed by atoms with E-state index in [-0.39, 0.29) is 6.04 Å². The Balaban J connectivity index is 1.68. The maximum atomic E-state index is 5.55. The minimum Gasteiger partial charge on any atom is -0.381 e. The summed E-state index contributed by atoms with van der Waals surface area (Å²) in [4.78, 5) is 7.47. The fourth-order valence-electron chi connectivity index (χ4n) is 4.37. The Bertz CT molecular complexity index is 1020. The van der Waals surface area contributed by atoms with E-state index in [0.29, 0.717) is 6.04 Å². The largest absolute Gasteiger partial charge is 0.381 e. The summed E-state index contributed by atoms with van der Waals surface area (Å²) in [6, 6.07) is 11.7. The smallest absolute Gasteiger partial charge is 0.160 e. The fourth-order valence-corrected chi connectivity index (χ4v) is 4.37. The van der Waals surface area contributed by atoms with Gasteiger partial charge in [0.05, 0.1) is 17.3 Å². The molecular weight excluding hydrogens is 398 g/mol. The van der Waals surface area contributed by atoms with Gasteiger partial charge in [-0.25, -0.2) is 9.67 Å². The van der Waals surface area contributed by atoms with Crippen molar-refractivity contribution in [2.45, 2.75) is 65.1 Å². The van der Waals surface area contributed by atoms with E-state index in [2.05, 4.69) is 73.5 Å². The van der Waals surface area contributed by atoms with E-state index in [1.807, 2.05) is 10.9 Å². The van der Waals surface area contributed by atoms with Gasteiger partial charge < -0.3 is 15.0 Å². The van der Waals surface area contributed by atoms with Crippen molar-refractivity contribution in [1.29, 1.82) is 0 Å². The molecule has 0 atom stereocenters. The van der Waals surface area contributed by atoms with Gasteiger partial charge in [0.1, 0.15) is 0 Å². The van der Waals surface area contributed by atoms with Gasteiger partial charge in [0, 0.05) is 43.1 Å². The molecular formula is C26H37N5O. The zero-order valence-corrected chi connectivity index (χ0v) is 20.0. The third-order valence-electron chi connectivity index (χ3n) is 6.21. The van der Waals surface area contributed by atoms with Gasteiger partial charge in [-0.2, -0.15) is 5.10 Å². The molecule has 1 aliphatic heterocycles. The summed E-state index contributed by atoms with van der Waals surface area (Å²) in [6.07, 6.45) is 6.45. The van der Waals surface area contributed by atoms with Crippen LogP contribution in [-0.2, 0) is 11.3 Å². The summed E-state index contributed by atoms with van der Waals surface area (Å²) >= 11 is 0. The number of nitrogens with zero attached hydrogens (tertiary/aromatic N) is 4. The van der Waals surface area contributed by atoms with E-state index in [4.69, 9.17) is 9.72 Å². The van der Waals surface area contributed by atoms with Crippen LogP contribution in [0.4, 0.5) is 5.69 Å². The molecule has 3 aromatic rings. The number of benzene rings is 1. The quantitative estimate of drug-likeness (QED) is 0.481. The number of hydrogen-bond acceptors (Lipinski definition) is 5. The van der Waals surface area contributed by atoms with E-state index in [0.717, 1.165) is 67.1 Å². The third-order valence-corrected chi connectivity index (χ3v) is 6.21. The van der Waals surface area contributed by atoms with Gasteiger partial charge in [-0.05, 0) is 64.4 Å². The number of anilines is 1. The molecule has 1 aliphatic rings. The zero-order chi connectivity index (χ0) is 22.5. The van der Waals surface area contributed by atoms with Crippen molar-refractivity contribution in [3.63, 3.8) is 0 Å². The van der Waals surface area contributed by atoms with Crippen molar-refractivity contribution >= 4 is 16.7 Å². The molecule has 0 unspecified atom stereocenters. The van der Waals surface area contributed by atoms with Crippen LogP contribution in [0.5, 0.6) is 0 Å². The van der Waals surface area contributed by atoms with Crippen molar-refractivity contribution in [3.8, 4) is 11.3 Å². The van der Waals surface area contributed by atoms with E-state index in [9.17, 15) is 0 Å². The molecule has 32 heavy (non-hydrogen) atoms. The second-order valence-electron chi connectivity index (χ2n) is 9.30. The highest BCUT2D eigenvalue weighted by Crippen LogP contribution is 2.31. The van der Waals surface area contributed by atoms with Crippen LogP contribution in [0.25, 0.3) is 22.3 Å². The average Bonchev–Trinajstić information content (AvgIpc) is 3.23. The molecule has 6 nitrogen and oxygen atoms in total. The molecule has 0 spiro atoms. The van der Waals surface area contributed by atoms with E-state index in [1.165, 1.54) is 18.4 Å². The minimum atomic E-state index is 0.254. The molecule has 1 fully saturated rings. The van der Waals surface area contributed by atoms with Crippen LogP contribution in [0.2, 0.25) is 0 Å². The lowest BCUT2D eigenvalue weighted by Gasteiger charge is -2.24. The van der Waals surface area contributed by atoms with Crippen LogP contribution in [0.3, 0.4) is 0 Å². The number of fused-ring (bicyclic) bond motifs is 1. The van der Waals surface area contributed by atoms with Crippen LogP contribution < -0.4 is 5.32 Å². The number of nitrogens with one attached hydrogen (secondary N) is 1. The van der Waals surface area contributed by atoms with Crippen LogP contribution in [-0.4, -0.2) is 52.5 Å². The zero-order valence-electron chi connectivity index (χ0n) is 20.0. The molecule has 1 aromatic carbocycles. The molecule has 0 aliphatic carbocycles. The van der Waals surface area contributed by atoms with Crippen molar-refractivity contribution < 1.29 is 4.74 Å². The second-order valence-corrected chi connectivity index (χ2v) is 9.30. The van der Waals surface area contributed by atoms with Gasteiger partial charge in [0.2, 0.25) is 0 Å². The van der Waals surface area contributed by atoms with E-state index < -0.39 is 0 Å². The van der Waals surface area contributed by atoms with Gasteiger partial charge in [0.15, 0.2) is 5.65 Å². The monoisotopic (exact) mass is 435 g/mol. The fraction of sp³-hybridized carbons (Fsp3) is 0.538. The predicted molar refractivity (Wildman–Crippen MR) is 132 cm³/mol. The predicted octanol–water partition coefficient (Wildman–Crippen LogP) is 5.50. The Kier molecular flexibility index (Phi) is 7.43. The topological polar surface area (TPSA) is 55.2 Å². The third kappa shape index (κ3) is 5.30. The Labute approximate surface area is 192 Å². The van der Waals surface area contributed by atoms with Crippen molar-refractivity contribution in [1.82, 2.24) is 19.7 Å². The molecule has 1 N–H and O–H groups in total. The first kappa shape index (κ1) is 22.7. The summed E-state index contributed by atoms with van der Waals surface area (Å²) in [6.45, 7) is 10.3. The van der Waals surface area contributed by atoms with Gasteiger partial charge in [-0.3, -0.25) is 0 Å². The summed E-state index contributed by atoms with van der Waals surface area (Å²) in [5.74, 6) is 0. The molecule has 3 heterocycles. The van der Waals surface area contributed by atoms with Crippen molar-refractivity contribution in [3.05, 3.63) is 42.1 Å². The van der Waals surface area contributed by atoms with Crippen LogP contribution >= 0.6 is 0 Å². The van der Waals surface area contributed by atoms with Crippen molar-refractivity contribution in [2.24, 2.45) is 0 Å². The van der Waals surface area contributed by atoms with Crippen LogP contribution in [0, 0.1) is 0 Å². The molecule has 2 aromatic heterocycles. The lowest BCUT2D eigenvalue weighted by atomic mass is 10.0. The van der Waals surface area contributed by atoms with Crippen LogP contribution in [0.1, 0.15) is 58.1 Å². The number of hydrogen-bond donors (Lipinski definition) is 1. The van der Waals surface area contributed by atoms with Gasteiger partial charge >= 0.3 is 0 Å². The summed E-state index contributed by atoms with van der Waals surface area (Å²) in [5.41, 5.74) is 5.53. The minimum absolute atomic E-state index is 0.254. The Morgan fingerprint density at radius 2 is 2.03 bits per heavy atom. The molecule has 0 saturated carbocycles. The van der Waals surface area contributed by atoms with E-state index >= 15 is 0 Å². The summed E-state index contributed by atoms with van der Waals surface area (Å²) in [7, 11) is 2.20. The molecule has 0 radical (unpaired) electrons. The SMILES string of the molecule is CCCCN(C)Cc1cccc(-c2cc(NC3CCOCC3)c3cnn(C(C)C)c3n2)c1. The first-order chi connectivity index (χ1) is 15.5. The lowest BCUT2D eigenvalue weighted by molar-refractivity contribution is 0.0905. The van der Waals surface area contributed by atoms with Gasteiger partial charge in [0.25, 0.3) is 0 Å². The summed E-state index contributed by atoms with van der Waals surface area (Å²) in [5, 5.41) is 9.51. The highest BCUT2D eigenvalue weighted by Gasteiger charge is 2.19. The van der Waals surface area contributed by atoms with Crippen molar-refractivity contribution in [2.75, 3.05) is 32.1 Å². The standard InChI is InChI=1S/C26H37N5O/c1-5-6-12-30(4)18-20-8-7-9-21(15-20)24-16-25(28-22-10-13-32-14-11-22)23-17-27-31(19(2)3)26(23)29-24/h7-9,15-17,19,22H,5-6,10-14,18H2,1-4H3,(H,28,29). The average molecular weight is 436 g/mol. The lowest BCUT2D eigenvalue weighted by Crippen LogP contribution is -2.27. The maximum absolute atomic E-state index is 5.55. The molecule has 0 amide bonds. The Hall–Kier alpha value is -2.44. The highest BCUT2D eigenvalue weighted by atomic mass is 16.5. The van der Waals surface area contributed by atoms with Crippen LogP contribution in [0.15, 0.2) is 36.5 Å². The Morgan fingerprint density at radius 1 is 1.22 bits per heavy atom. The number of ether oxygens (including phenoxy) is 1. The molecule has 0 bridgehead atoms. The molecule has 6 heteroatoms. The number of aromatic nitrogens is 3. The van der Waals surface area contributed by atoms with Gasteiger partial charge in [-0.15, -0.1) is 0 Å². The van der Waals surface area contributed by atoms with E-state index in [1.54, 1.807) is 0 Å². The summed E-state index contributed by atoms with van der Waals surface area (Å²) < 4.78 is 7.57. The second kappa shape index (κ2) is 10.5. The Morgan fingerprint density at radius 3 is 2.78 bits per heavy atom. The number of pyridine rings is 1. The maximum Gasteiger partial charge on any atom is 0.160 e. The van der Waals surface area contributed by atoms with Gasteiger partial charge in [-0.1, -0.05) is 31.5 Å². The molecule has 1 saturated heterocycles. The normalized spacial score (nSPS) is 15.2. The molecule has 172 valence electrons. The highest BCUT2D eigenvalue weighted by molar-refractivity contribution is 5.92.